The Balaban J connectivity index is 1.30. The number of carboxylic acid groups (broad SMARTS) is 1. The maximum Gasteiger partial charge on any atom is 0.326 e. The highest BCUT2D eigenvalue weighted by atomic mass is 16.4. The highest BCUT2D eigenvalue weighted by molar-refractivity contribution is 5.88. The number of nitrogens with zero attached hydrogens (tertiary/aromatic N) is 1. The Hall–Kier alpha value is -3.65. The molecule has 1 fully saturated rings. The van der Waals surface area contributed by atoms with Gasteiger partial charge in [-0.25, -0.2) is 4.79 Å². The van der Waals surface area contributed by atoms with Gasteiger partial charge in [-0.15, -0.1) is 0 Å². The van der Waals surface area contributed by atoms with Gasteiger partial charge in [-0.05, 0) is 36.5 Å². The van der Waals surface area contributed by atoms with Crippen LogP contribution in [0.3, 0.4) is 0 Å². The van der Waals surface area contributed by atoms with Crippen LogP contribution in [-0.4, -0.2) is 57.9 Å². The second-order valence-corrected chi connectivity index (χ2v) is 8.86. The average molecular weight is 463 g/mol. The SMILES string of the molecule is NC(Cc1ccccc1)C(=O)N1CCC(C(=O)NC(Cc2c[nH]c3ccccc23)C(=O)O)CC1. The van der Waals surface area contributed by atoms with Crippen LogP contribution in [0.4, 0.5) is 0 Å². The van der Waals surface area contributed by atoms with Crippen LogP contribution in [-0.2, 0) is 27.2 Å². The number of hydrogen-bond donors (Lipinski definition) is 4. The van der Waals surface area contributed by atoms with Gasteiger partial charge in [0.2, 0.25) is 11.8 Å². The molecule has 178 valence electrons. The summed E-state index contributed by atoms with van der Waals surface area (Å²) >= 11 is 0. The number of nitrogens with two attached hydrogens (primary N) is 1. The molecule has 1 saturated heterocycles. The van der Waals surface area contributed by atoms with E-state index in [2.05, 4.69) is 10.3 Å². The number of amides is 2. The van der Waals surface area contributed by atoms with Crippen molar-refractivity contribution in [3.63, 3.8) is 0 Å². The minimum atomic E-state index is -1.07. The quantitative estimate of drug-likeness (QED) is 0.407. The largest absolute Gasteiger partial charge is 0.480 e. The third kappa shape index (κ3) is 5.46. The molecule has 0 spiro atoms. The lowest BCUT2D eigenvalue weighted by molar-refractivity contribution is -0.143. The Labute approximate surface area is 198 Å². The maximum atomic E-state index is 12.8. The lowest BCUT2D eigenvalue weighted by Gasteiger charge is -2.33. The van der Waals surface area contributed by atoms with E-state index in [1.54, 1.807) is 11.1 Å². The van der Waals surface area contributed by atoms with Crippen molar-refractivity contribution in [2.45, 2.75) is 37.8 Å². The number of aromatic amines is 1. The second kappa shape index (κ2) is 10.5. The van der Waals surface area contributed by atoms with E-state index < -0.39 is 18.1 Å². The summed E-state index contributed by atoms with van der Waals surface area (Å²) in [5.74, 6) is -1.81. The van der Waals surface area contributed by atoms with Crippen LogP contribution in [0.1, 0.15) is 24.0 Å². The Morgan fingerprint density at radius 2 is 1.71 bits per heavy atom. The van der Waals surface area contributed by atoms with E-state index in [9.17, 15) is 19.5 Å². The molecule has 8 heteroatoms. The number of rotatable bonds is 8. The van der Waals surface area contributed by atoms with Crippen LogP contribution in [0.15, 0.2) is 60.8 Å². The number of piperidine rings is 1. The summed E-state index contributed by atoms with van der Waals surface area (Å²) < 4.78 is 0. The molecule has 1 aliphatic heterocycles. The molecular formula is C26H30N4O4. The predicted molar refractivity (Wildman–Crippen MR) is 129 cm³/mol. The van der Waals surface area contributed by atoms with E-state index in [-0.39, 0.29) is 24.2 Å². The molecule has 4 rings (SSSR count). The molecule has 1 aromatic heterocycles. The normalized spacial score (nSPS) is 16.2. The molecule has 2 heterocycles. The number of carboxylic acids is 1. The van der Waals surface area contributed by atoms with Crippen molar-refractivity contribution in [2.75, 3.05) is 13.1 Å². The zero-order chi connectivity index (χ0) is 24.1. The summed E-state index contributed by atoms with van der Waals surface area (Å²) in [6, 6.07) is 15.6. The molecule has 2 atom stereocenters. The number of nitrogens with one attached hydrogen (secondary N) is 2. The number of aliphatic carboxylic acids is 1. The van der Waals surface area contributed by atoms with Crippen LogP contribution in [0, 0.1) is 5.92 Å². The van der Waals surface area contributed by atoms with E-state index in [4.69, 9.17) is 5.73 Å². The number of likely N-dealkylation sites (tertiary alicyclic amines) is 1. The van der Waals surface area contributed by atoms with Gasteiger partial charge in [0.15, 0.2) is 0 Å². The van der Waals surface area contributed by atoms with Gasteiger partial charge in [-0.3, -0.25) is 9.59 Å². The molecule has 0 radical (unpaired) electrons. The first-order valence-corrected chi connectivity index (χ1v) is 11.6. The number of fused-ring (bicyclic) bond motifs is 1. The van der Waals surface area contributed by atoms with Crippen molar-refractivity contribution in [1.82, 2.24) is 15.2 Å². The average Bonchev–Trinajstić information content (AvgIpc) is 3.26. The predicted octanol–water partition coefficient (Wildman–Crippen LogP) is 2.09. The van der Waals surface area contributed by atoms with Crippen LogP contribution >= 0.6 is 0 Å². The summed E-state index contributed by atoms with van der Waals surface area (Å²) in [5, 5.41) is 13.4. The van der Waals surface area contributed by atoms with Crippen LogP contribution in [0.2, 0.25) is 0 Å². The van der Waals surface area contributed by atoms with E-state index in [1.165, 1.54) is 0 Å². The lowest BCUT2D eigenvalue weighted by atomic mass is 9.94. The maximum absolute atomic E-state index is 12.8. The standard InChI is InChI=1S/C26H30N4O4/c27-21(14-17-6-2-1-3-7-17)25(32)30-12-10-18(11-13-30)24(31)29-23(26(33)34)15-19-16-28-22-9-5-4-8-20(19)22/h1-9,16,18,21,23,28H,10-15,27H2,(H,29,31)(H,33,34). The molecular weight excluding hydrogens is 432 g/mol. The highest BCUT2D eigenvalue weighted by Gasteiger charge is 2.31. The van der Waals surface area contributed by atoms with Gasteiger partial charge in [0, 0.05) is 42.5 Å². The fourth-order valence-corrected chi connectivity index (χ4v) is 4.56. The summed E-state index contributed by atoms with van der Waals surface area (Å²) in [4.78, 5) is 42.3. The molecule has 0 aliphatic carbocycles. The van der Waals surface area contributed by atoms with E-state index in [1.807, 2.05) is 54.6 Å². The van der Waals surface area contributed by atoms with Gasteiger partial charge in [0.05, 0.1) is 6.04 Å². The van der Waals surface area contributed by atoms with Gasteiger partial charge in [0.1, 0.15) is 6.04 Å². The minimum absolute atomic E-state index is 0.120. The number of para-hydroxylation sites is 1. The van der Waals surface area contributed by atoms with E-state index >= 15 is 0 Å². The first kappa shape index (κ1) is 23.5. The number of H-pyrrole nitrogens is 1. The molecule has 34 heavy (non-hydrogen) atoms. The monoisotopic (exact) mass is 462 g/mol. The van der Waals surface area contributed by atoms with Gasteiger partial charge < -0.3 is 26.0 Å². The first-order chi connectivity index (χ1) is 16.4. The Morgan fingerprint density at radius 1 is 1.03 bits per heavy atom. The lowest BCUT2D eigenvalue weighted by Crippen LogP contribution is -2.51. The fraction of sp³-hybridized carbons (Fsp3) is 0.346. The molecule has 0 saturated carbocycles. The zero-order valence-electron chi connectivity index (χ0n) is 18.9. The summed E-state index contributed by atoms with van der Waals surface area (Å²) in [7, 11) is 0. The summed E-state index contributed by atoms with van der Waals surface area (Å²) in [6.07, 6.45) is 3.41. The zero-order valence-corrected chi connectivity index (χ0v) is 18.9. The number of carbonyl (C=O) groups excluding carboxylic acids is 2. The molecule has 3 aromatic rings. The third-order valence-corrected chi connectivity index (χ3v) is 6.51. The minimum Gasteiger partial charge on any atom is -0.480 e. The molecule has 2 amide bonds. The molecule has 2 unspecified atom stereocenters. The fourth-order valence-electron chi connectivity index (χ4n) is 4.56. The molecule has 1 aliphatic rings. The summed E-state index contributed by atoms with van der Waals surface area (Å²) in [5.41, 5.74) is 8.92. The van der Waals surface area contributed by atoms with Gasteiger partial charge in [-0.1, -0.05) is 48.5 Å². The topological polar surface area (TPSA) is 129 Å². The summed E-state index contributed by atoms with van der Waals surface area (Å²) in [6.45, 7) is 0.860. The molecule has 2 aromatic carbocycles. The molecule has 0 bridgehead atoms. The van der Waals surface area contributed by atoms with Crippen molar-refractivity contribution >= 4 is 28.7 Å². The van der Waals surface area contributed by atoms with Crippen molar-refractivity contribution < 1.29 is 19.5 Å². The van der Waals surface area contributed by atoms with E-state index in [0.29, 0.717) is 32.4 Å². The van der Waals surface area contributed by atoms with E-state index in [0.717, 1.165) is 22.0 Å². The van der Waals surface area contributed by atoms with Gasteiger partial charge in [0.25, 0.3) is 0 Å². The number of benzene rings is 2. The van der Waals surface area contributed by atoms with Crippen molar-refractivity contribution in [3.05, 3.63) is 71.9 Å². The van der Waals surface area contributed by atoms with Gasteiger partial charge in [-0.2, -0.15) is 0 Å². The van der Waals surface area contributed by atoms with Crippen molar-refractivity contribution in [2.24, 2.45) is 11.7 Å². The number of aromatic nitrogens is 1. The van der Waals surface area contributed by atoms with Crippen molar-refractivity contribution in [1.29, 1.82) is 0 Å². The first-order valence-electron chi connectivity index (χ1n) is 11.6. The van der Waals surface area contributed by atoms with Crippen LogP contribution < -0.4 is 11.1 Å². The second-order valence-electron chi connectivity index (χ2n) is 8.86. The van der Waals surface area contributed by atoms with Crippen LogP contribution in [0.25, 0.3) is 10.9 Å². The Bertz CT molecular complexity index is 1150. The van der Waals surface area contributed by atoms with Gasteiger partial charge >= 0.3 is 5.97 Å². The number of hydrogen-bond acceptors (Lipinski definition) is 4. The highest BCUT2D eigenvalue weighted by Crippen LogP contribution is 2.21. The molecule has 5 N–H and O–H groups in total. The molecule has 8 nitrogen and oxygen atoms in total. The van der Waals surface area contributed by atoms with Crippen molar-refractivity contribution in [3.8, 4) is 0 Å². The smallest absolute Gasteiger partial charge is 0.326 e. The number of carbonyl (C=O) groups is 3. The van der Waals surface area contributed by atoms with Crippen LogP contribution in [0.5, 0.6) is 0 Å². The third-order valence-electron chi connectivity index (χ3n) is 6.51. The Morgan fingerprint density at radius 3 is 2.41 bits per heavy atom. The Kier molecular flexibility index (Phi) is 7.27.